The molecule has 0 bridgehead atoms. The minimum absolute atomic E-state index is 0.600. The van der Waals surface area contributed by atoms with Crippen molar-refractivity contribution in [3.8, 4) is 5.75 Å². The topological polar surface area (TPSA) is 41.5 Å². The van der Waals surface area contributed by atoms with Crippen LogP contribution in [0.1, 0.15) is 0 Å². The standard InChI is InChI=1S/C16H18Cl2N4O/c17-13-3-1-2-4-15(13)23-10-9-21-5-7-22(8-6-21)16-14(18)11-19-12-20-16/h1-4,11-12H,5-10H2. The van der Waals surface area contributed by atoms with E-state index in [0.717, 1.165) is 44.3 Å². The highest BCUT2D eigenvalue weighted by Gasteiger charge is 2.19. The molecule has 0 radical (unpaired) electrons. The van der Waals surface area contributed by atoms with Gasteiger partial charge in [0, 0.05) is 32.7 Å². The Morgan fingerprint density at radius 1 is 1.04 bits per heavy atom. The van der Waals surface area contributed by atoms with Gasteiger partial charge in [0.1, 0.15) is 23.7 Å². The molecule has 1 aliphatic rings. The molecule has 1 fully saturated rings. The predicted molar refractivity (Wildman–Crippen MR) is 92.6 cm³/mol. The number of rotatable bonds is 5. The number of hydrogen-bond donors (Lipinski definition) is 0. The third kappa shape index (κ3) is 4.25. The second-order valence-corrected chi connectivity index (χ2v) is 6.12. The molecule has 0 saturated carbocycles. The Morgan fingerprint density at radius 2 is 1.83 bits per heavy atom. The Labute approximate surface area is 145 Å². The first-order valence-corrected chi connectivity index (χ1v) is 8.30. The number of nitrogens with zero attached hydrogens (tertiary/aromatic N) is 4. The number of anilines is 1. The molecule has 1 saturated heterocycles. The number of piperazine rings is 1. The Bertz CT molecular complexity index is 645. The molecule has 0 atom stereocenters. The molecule has 0 N–H and O–H groups in total. The number of benzene rings is 1. The molecule has 23 heavy (non-hydrogen) atoms. The summed E-state index contributed by atoms with van der Waals surface area (Å²) in [6, 6.07) is 7.54. The summed E-state index contributed by atoms with van der Waals surface area (Å²) in [5.74, 6) is 1.55. The van der Waals surface area contributed by atoms with Gasteiger partial charge in [-0.05, 0) is 12.1 Å². The van der Waals surface area contributed by atoms with E-state index in [4.69, 9.17) is 27.9 Å². The Hall–Kier alpha value is -1.56. The summed E-state index contributed by atoms with van der Waals surface area (Å²) in [5, 5.41) is 1.25. The molecule has 3 rings (SSSR count). The van der Waals surface area contributed by atoms with E-state index < -0.39 is 0 Å². The van der Waals surface area contributed by atoms with E-state index in [1.165, 1.54) is 6.33 Å². The van der Waals surface area contributed by atoms with Crippen molar-refractivity contribution in [3.05, 3.63) is 46.8 Å². The van der Waals surface area contributed by atoms with Crippen LogP contribution in [0.25, 0.3) is 0 Å². The van der Waals surface area contributed by atoms with Crippen LogP contribution in [0, 0.1) is 0 Å². The van der Waals surface area contributed by atoms with E-state index in [1.807, 2.05) is 24.3 Å². The van der Waals surface area contributed by atoms with Gasteiger partial charge in [-0.25, -0.2) is 9.97 Å². The zero-order valence-electron chi connectivity index (χ0n) is 12.7. The molecule has 2 heterocycles. The van der Waals surface area contributed by atoms with Gasteiger partial charge < -0.3 is 9.64 Å². The maximum Gasteiger partial charge on any atom is 0.150 e. The van der Waals surface area contributed by atoms with Crippen LogP contribution >= 0.6 is 23.2 Å². The van der Waals surface area contributed by atoms with Crippen LogP contribution in [0.3, 0.4) is 0 Å². The molecule has 0 amide bonds. The summed E-state index contributed by atoms with van der Waals surface area (Å²) in [7, 11) is 0. The zero-order valence-corrected chi connectivity index (χ0v) is 14.2. The maximum absolute atomic E-state index is 6.15. The zero-order chi connectivity index (χ0) is 16.1. The van der Waals surface area contributed by atoms with Crippen LogP contribution in [0.2, 0.25) is 10.0 Å². The molecule has 0 spiro atoms. The fraction of sp³-hybridized carbons (Fsp3) is 0.375. The maximum atomic E-state index is 6.15. The fourth-order valence-electron chi connectivity index (χ4n) is 2.57. The summed E-state index contributed by atoms with van der Waals surface area (Å²) in [6.45, 7) is 5.18. The number of ether oxygens (including phenoxy) is 1. The van der Waals surface area contributed by atoms with Crippen LogP contribution in [0.15, 0.2) is 36.8 Å². The van der Waals surface area contributed by atoms with Gasteiger partial charge in [-0.3, -0.25) is 4.90 Å². The lowest BCUT2D eigenvalue weighted by Gasteiger charge is -2.35. The average Bonchev–Trinajstić information content (AvgIpc) is 2.58. The van der Waals surface area contributed by atoms with Gasteiger partial charge in [-0.15, -0.1) is 0 Å². The summed E-state index contributed by atoms with van der Waals surface area (Å²) in [4.78, 5) is 12.7. The minimum Gasteiger partial charge on any atom is -0.491 e. The summed E-state index contributed by atoms with van der Waals surface area (Å²) in [6.07, 6.45) is 3.17. The lowest BCUT2D eigenvalue weighted by molar-refractivity contribution is 0.200. The number of halogens is 2. The summed E-state index contributed by atoms with van der Waals surface area (Å²) < 4.78 is 5.74. The third-order valence-electron chi connectivity index (χ3n) is 3.82. The quantitative estimate of drug-likeness (QED) is 0.827. The van der Waals surface area contributed by atoms with Crippen LogP contribution < -0.4 is 9.64 Å². The van der Waals surface area contributed by atoms with Crippen molar-refractivity contribution >= 4 is 29.0 Å². The van der Waals surface area contributed by atoms with Crippen LogP contribution in [-0.4, -0.2) is 54.2 Å². The monoisotopic (exact) mass is 352 g/mol. The SMILES string of the molecule is Clc1ccccc1OCCN1CCN(c2ncncc2Cl)CC1. The number of aromatic nitrogens is 2. The van der Waals surface area contributed by atoms with E-state index >= 15 is 0 Å². The van der Waals surface area contributed by atoms with E-state index in [9.17, 15) is 0 Å². The van der Waals surface area contributed by atoms with E-state index in [0.29, 0.717) is 16.7 Å². The largest absolute Gasteiger partial charge is 0.491 e. The molecule has 5 nitrogen and oxygen atoms in total. The predicted octanol–water partition coefficient (Wildman–Crippen LogP) is 2.98. The van der Waals surface area contributed by atoms with Crippen molar-refractivity contribution in [2.45, 2.75) is 0 Å². The lowest BCUT2D eigenvalue weighted by atomic mass is 10.3. The third-order valence-corrected chi connectivity index (χ3v) is 4.40. The first-order valence-electron chi connectivity index (χ1n) is 7.54. The number of hydrogen-bond acceptors (Lipinski definition) is 5. The first-order chi connectivity index (χ1) is 11.2. The number of para-hydroxylation sites is 1. The van der Waals surface area contributed by atoms with Gasteiger partial charge >= 0.3 is 0 Å². The lowest BCUT2D eigenvalue weighted by Crippen LogP contribution is -2.47. The van der Waals surface area contributed by atoms with E-state index in [-0.39, 0.29) is 0 Å². The highest BCUT2D eigenvalue weighted by molar-refractivity contribution is 6.32. The van der Waals surface area contributed by atoms with Gasteiger partial charge in [0.25, 0.3) is 0 Å². The normalized spacial score (nSPS) is 15.7. The molecule has 2 aromatic rings. The van der Waals surface area contributed by atoms with Gasteiger partial charge in [-0.2, -0.15) is 0 Å². The van der Waals surface area contributed by atoms with E-state index in [1.54, 1.807) is 6.20 Å². The van der Waals surface area contributed by atoms with Gasteiger partial charge in [0.05, 0.1) is 11.2 Å². The smallest absolute Gasteiger partial charge is 0.150 e. The van der Waals surface area contributed by atoms with Crippen LogP contribution in [-0.2, 0) is 0 Å². The fourth-order valence-corrected chi connectivity index (χ4v) is 2.98. The van der Waals surface area contributed by atoms with Gasteiger partial charge in [0.2, 0.25) is 0 Å². The first kappa shape index (κ1) is 16.3. The minimum atomic E-state index is 0.600. The average molecular weight is 353 g/mol. The molecule has 122 valence electrons. The molecular weight excluding hydrogens is 335 g/mol. The Morgan fingerprint density at radius 3 is 2.57 bits per heavy atom. The van der Waals surface area contributed by atoms with Crippen molar-refractivity contribution in [2.24, 2.45) is 0 Å². The van der Waals surface area contributed by atoms with Crippen molar-refractivity contribution in [2.75, 3.05) is 44.2 Å². The second kappa shape index (κ2) is 7.81. The van der Waals surface area contributed by atoms with Gasteiger partial charge in [-0.1, -0.05) is 35.3 Å². The molecule has 1 aromatic carbocycles. The Kier molecular flexibility index (Phi) is 5.54. The molecule has 0 aliphatic carbocycles. The molecule has 7 heteroatoms. The molecule has 0 unspecified atom stereocenters. The van der Waals surface area contributed by atoms with E-state index in [2.05, 4.69) is 19.8 Å². The van der Waals surface area contributed by atoms with Crippen molar-refractivity contribution in [1.82, 2.24) is 14.9 Å². The van der Waals surface area contributed by atoms with Crippen LogP contribution in [0.5, 0.6) is 5.75 Å². The van der Waals surface area contributed by atoms with Gasteiger partial charge in [0.15, 0.2) is 5.82 Å². The Balaban J connectivity index is 1.45. The summed E-state index contributed by atoms with van der Waals surface area (Å²) >= 11 is 12.2. The second-order valence-electron chi connectivity index (χ2n) is 5.30. The van der Waals surface area contributed by atoms with Crippen LogP contribution in [0.4, 0.5) is 5.82 Å². The van der Waals surface area contributed by atoms with Crippen molar-refractivity contribution < 1.29 is 4.74 Å². The highest BCUT2D eigenvalue weighted by atomic mass is 35.5. The van der Waals surface area contributed by atoms with Crippen molar-refractivity contribution in [3.63, 3.8) is 0 Å². The van der Waals surface area contributed by atoms with Crippen molar-refractivity contribution in [1.29, 1.82) is 0 Å². The summed E-state index contributed by atoms with van der Waals surface area (Å²) in [5.41, 5.74) is 0. The highest BCUT2D eigenvalue weighted by Crippen LogP contribution is 2.24. The molecule has 1 aromatic heterocycles. The molecular formula is C16H18Cl2N4O. The molecule has 1 aliphatic heterocycles.